The van der Waals surface area contributed by atoms with Gasteiger partial charge in [-0.05, 0) is 94.7 Å². The van der Waals surface area contributed by atoms with Crippen molar-refractivity contribution in [3.63, 3.8) is 0 Å². The van der Waals surface area contributed by atoms with Crippen LogP contribution in [0.1, 0.15) is 55.2 Å². The molecule has 11 nitrogen and oxygen atoms in total. The molecule has 268 valence electrons. The van der Waals surface area contributed by atoms with Crippen molar-refractivity contribution in [1.82, 2.24) is 10.3 Å². The number of benzene rings is 4. The Balaban J connectivity index is 1.21. The molecule has 0 saturated heterocycles. The lowest BCUT2D eigenvalue weighted by molar-refractivity contribution is -0.143. The Morgan fingerprint density at radius 3 is 1.94 bits per heavy atom. The SMILES string of the molecule is COC(=O)[C@H](Cc1ccc(Oc2ccc(N=C(CCC(=O)O)OC)cc2)cc1)NC(=O)c1cc2cc(Oc3ccc(C(C)(C)C)cc3)ccc2cn1. The number of carboxylic acids is 1. The minimum Gasteiger partial charge on any atom is -0.484 e. The molecule has 0 aliphatic heterocycles. The summed E-state index contributed by atoms with van der Waals surface area (Å²) in [6.07, 6.45) is 1.89. The van der Waals surface area contributed by atoms with Gasteiger partial charge in [0.15, 0.2) is 5.90 Å². The molecule has 1 atom stereocenters. The maximum Gasteiger partial charge on any atom is 0.328 e. The lowest BCUT2D eigenvalue weighted by Crippen LogP contribution is -2.43. The molecule has 2 N–H and O–H groups in total. The summed E-state index contributed by atoms with van der Waals surface area (Å²) in [7, 11) is 2.72. The molecule has 4 aromatic carbocycles. The van der Waals surface area contributed by atoms with Gasteiger partial charge >= 0.3 is 11.9 Å². The highest BCUT2D eigenvalue weighted by Crippen LogP contribution is 2.29. The van der Waals surface area contributed by atoms with E-state index in [4.69, 9.17) is 24.1 Å². The molecule has 1 heterocycles. The minimum atomic E-state index is -0.965. The average Bonchev–Trinajstić information content (AvgIpc) is 3.13. The first-order valence-electron chi connectivity index (χ1n) is 16.7. The predicted octanol–water partition coefficient (Wildman–Crippen LogP) is 8.17. The summed E-state index contributed by atoms with van der Waals surface area (Å²) in [5, 5.41) is 13.3. The van der Waals surface area contributed by atoms with Gasteiger partial charge in [0.05, 0.1) is 26.3 Å². The highest BCUT2D eigenvalue weighted by atomic mass is 16.5. The van der Waals surface area contributed by atoms with E-state index in [-0.39, 0.29) is 30.4 Å². The van der Waals surface area contributed by atoms with E-state index in [9.17, 15) is 14.4 Å². The lowest BCUT2D eigenvalue weighted by atomic mass is 9.87. The van der Waals surface area contributed by atoms with E-state index in [1.54, 1.807) is 60.8 Å². The molecule has 52 heavy (non-hydrogen) atoms. The lowest BCUT2D eigenvalue weighted by Gasteiger charge is -2.19. The largest absolute Gasteiger partial charge is 0.484 e. The number of carboxylic acid groups (broad SMARTS) is 1. The number of fused-ring (bicyclic) bond motifs is 1. The number of carbonyl (C=O) groups is 3. The molecule has 0 bridgehead atoms. The molecule has 0 aliphatic carbocycles. The first-order valence-corrected chi connectivity index (χ1v) is 16.7. The van der Waals surface area contributed by atoms with Crippen LogP contribution in [0.5, 0.6) is 23.0 Å². The number of aliphatic carboxylic acids is 1. The van der Waals surface area contributed by atoms with Crippen LogP contribution >= 0.6 is 0 Å². The van der Waals surface area contributed by atoms with Gasteiger partial charge in [0, 0.05) is 24.4 Å². The van der Waals surface area contributed by atoms with Crippen molar-refractivity contribution in [3.8, 4) is 23.0 Å². The van der Waals surface area contributed by atoms with Crippen LogP contribution in [0.3, 0.4) is 0 Å². The number of rotatable bonds is 13. The van der Waals surface area contributed by atoms with Gasteiger partial charge in [-0.1, -0.05) is 45.0 Å². The number of methoxy groups -OCH3 is 2. The van der Waals surface area contributed by atoms with Crippen molar-refractivity contribution < 1.29 is 38.4 Å². The normalized spacial score (nSPS) is 12.1. The summed E-state index contributed by atoms with van der Waals surface area (Å²) < 4.78 is 22.2. The Hall–Kier alpha value is -6.23. The van der Waals surface area contributed by atoms with E-state index in [0.29, 0.717) is 34.6 Å². The Morgan fingerprint density at radius 1 is 0.750 bits per heavy atom. The number of nitrogens with zero attached hydrogens (tertiary/aromatic N) is 2. The van der Waals surface area contributed by atoms with Crippen LogP contribution in [-0.2, 0) is 30.9 Å². The van der Waals surface area contributed by atoms with Gasteiger partial charge in [-0.15, -0.1) is 0 Å². The van der Waals surface area contributed by atoms with E-state index < -0.39 is 23.9 Å². The molecule has 5 aromatic rings. The fourth-order valence-electron chi connectivity index (χ4n) is 5.25. The highest BCUT2D eigenvalue weighted by molar-refractivity contribution is 5.98. The minimum absolute atomic E-state index is 0.0363. The summed E-state index contributed by atoms with van der Waals surface area (Å²) in [5.74, 6) is 0.718. The zero-order chi connectivity index (χ0) is 37.3. The molecule has 0 fully saturated rings. The van der Waals surface area contributed by atoms with Crippen molar-refractivity contribution in [3.05, 3.63) is 120 Å². The number of carbonyl (C=O) groups excluding carboxylic acids is 2. The van der Waals surface area contributed by atoms with Gasteiger partial charge in [-0.3, -0.25) is 14.6 Å². The summed E-state index contributed by atoms with van der Waals surface area (Å²) in [5.41, 5.74) is 2.75. The molecule has 0 aliphatic rings. The third-order valence-electron chi connectivity index (χ3n) is 8.15. The third-order valence-corrected chi connectivity index (χ3v) is 8.15. The van der Waals surface area contributed by atoms with Crippen molar-refractivity contribution in [2.24, 2.45) is 4.99 Å². The van der Waals surface area contributed by atoms with Gasteiger partial charge < -0.3 is 29.4 Å². The van der Waals surface area contributed by atoms with Crippen LogP contribution in [0.15, 0.2) is 108 Å². The number of aliphatic imine (C=N–C) groups is 1. The number of amides is 1. The molecule has 0 saturated carbocycles. The molecule has 0 spiro atoms. The number of nitrogens with one attached hydrogen (secondary N) is 1. The van der Waals surface area contributed by atoms with E-state index in [0.717, 1.165) is 16.3 Å². The molecule has 0 unspecified atom stereocenters. The smallest absolute Gasteiger partial charge is 0.328 e. The summed E-state index contributed by atoms with van der Waals surface area (Å²) in [4.78, 5) is 45.6. The van der Waals surface area contributed by atoms with E-state index in [1.165, 1.54) is 19.8 Å². The second kappa shape index (κ2) is 16.7. The Morgan fingerprint density at radius 2 is 1.35 bits per heavy atom. The number of aromatic nitrogens is 1. The van der Waals surface area contributed by atoms with Crippen LogP contribution in [0, 0.1) is 0 Å². The topological polar surface area (TPSA) is 146 Å². The van der Waals surface area contributed by atoms with Crippen LogP contribution in [-0.4, -0.2) is 54.1 Å². The first kappa shape index (κ1) is 37.0. The van der Waals surface area contributed by atoms with Crippen LogP contribution < -0.4 is 14.8 Å². The molecule has 5 rings (SSSR count). The Labute approximate surface area is 302 Å². The standard InChI is InChI=1S/C41H41N3O8/c1-41(2,3)29-9-16-32(17-10-29)52-34-15-8-27-25-42-35(24-28(27)23-34)39(47)44-36(40(48)50-5)22-26-6-13-31(14-7-26)51-33-18-11-30(12-19-33)43-37(49-4)20-21-38(45)46/h6-19,23-25,36H,20-22H2,1-5H3,(H,44,47)(H,45,46)/t36-/m0/s1. The van der Waals surface area contributed by atoms with Gasteiger partial charge in [-0.25, -0.2) is 9.79 Å². The molecular weight excluding hydrogens is 662 g/mol. The quantitative estimate of drug-likeness (QED) is 0.0704. The van der Waals surface area contributed by atoms with Gasteiger partial charge in [0.2, 0.25) is 0 Å². The summed E-state index contributed by atoms with van der Waals surface area (Å²) >= 11 is 0. The highest BCUT2D eigenvalue weighted by Gasteiger charge is 2.24. The third kappa shape index (κ3) is 10.2. The van der Waals surface area contributed by atoms with Crippen LogP contribution in [0.25, 0.3) is 10.8 Å². The number of hydrogen-bond acceptors (Lipinski definition) is 9. The van der Waals surface area contributed by atoms with E-state index in [2.05, 4.69) is 48.2 Å². The molecule has 1 aromatic heterocycles. The van der Waals surface area contributed by atoms with Crippen LogP contribution in [0.4, 0.5) is 5.69 Å². The Kier molecular flexibility index (Phi) is 11.9. The molecule has 11 heteroatoms. The van der Waals surface area contributed by atoms with Crippen molar-refractivity contribution in [1.29, 1.82) is 0 Å². The number of pyridine rings is 1. The maximum atomic E-state index is 13.3. The average molecular weight is 704 g/mol. The van der Waals surface area contributed by atoms with Gasteiger partial charge in [-0.2, -0.15) is 0 Å². The van der Waals surface area contributed by atoms with Crippen molar-refractivity contribution in [2.75, 3.05) is 14.2 Å². The summed E-state index contributed by atoms with van der Waals surface area (Å²) in [6.45, 7) is 6.47. The molecular formula is C41H41N3O8. The number of hydrogen-bond donors (Lipinski definition) is 2. The Bertz CT molecular complexity index is 2050. The fourth-order valence-corrected chi connectivity index (χ4v) is 5.25. The van der Waals surface area contributed by atoms with Gasteiger partial charge in [0.1, 0.15) is 34.7 Å². The summed E-state index contributed by atoms with van der Waals surface area (Å²) in [6, 6.07) is 28.3. The predicted molar refractivity (Wildman–Crippen MR) is 198 cm³/mol. The number of ether oxygens (including phenoxy) is 4. The second-order valence-electron chi connectivity index (χ2n) is 13.1. The van der Waals surface area contributed by atoms with Crippen LogP contribution in [0.2, 0.25) is 0 Å². The molecule has 1 amide bonds. The monoisotopic (exact) mass is 703 g/mol. The fraction of sp³-hybridized carbons (Fsp3) is 0.244. The second-order valence-corrected chi connectivity index (χ2v) is 13.1. The van der Waals surface area contributed by atoms with E-state index >= 15 is 0 Å². The van der Waals surface area contributed by atoms with Crippen molar-refractivity contribution >= 4 is 40.2 Å². The zero-order valence-electron chi connectivity index (χ0n) is 29.7. The molecule has 0 radical (unpaired) electrons. The first-order chi connectivity index (χ1) is 24.9. The zero-order valence-corrected chi connectivity index (χ0v) is 29.7. The van der Waals surface area contributed by atoms with Gasteiger partial charge in [0.25, 0.3) is 5.91 Å². The number of esters is 1. The van der Waals surface area contributed by atoms with E-state index in [1.807, 2.05) is 30.3 Å². The maximum absolute atomic E-state index is 13.3. The van der Waals surface area contributed by atoms with Crippen molar-refractivity contribution in [2.45, 2.75) is 51.5 Å².